The van der Waals surface area contributed by atoms with E-state index >= 15 is 0 Å². The van der Waals surface area contributed by atoms with Gasteiger partial charge in [-0.2, -0.15) is 5.06 Å². The summed E-state index contributed by atoms with van der Waals surface area (Å²) >= 11 is 0. The highest BCUT2D eigenvalue weighted by Crippen LogP contribution is 2.69. The number of para-hydroxylation sites is 1. The third kappa shape index (κ3) is 1.53. The van der Waals surface area contributed by atoms with Gasteiger partial charge in [0.1, 0.15) is 0 Å². The third-order valence-corrected chi connectivity index (χ3v) is 7.46. The van der Waals surface area contributed by atoms with E-state index in [1.54, 1.807) is 7.11 Å². The Hall–Kier alpha value is -2.02. The Morgan fingerprint density at radius 3 is 2.93 bits per heavy atom. The minimum atomic E-state index is -0.512. The average Bonchev–Trinajstić information content (AvgIpc) is 3.23. The number of ether oxygens (including phenoxy) is 2. The molecule has 0 amide bonds. The molecule has 6 aliphatic rings. The van der Waals surface area contributed by atoms with Crippen LogP contribution < -0.4 is 0 Å². The molecule has 2 aliphatic carbocycles. The molecule has 1 unspecified atom stereocenters. The molecule has 6 bridgehead atoms. The van der Waals surface area contributed by atoms with Crippen LogP contribution in [0.15, 0.2) is 40.9 Å². The van der Waals surface area contributed by atoms with Crippen molar-refractivity contribution in [1.82, 2.24) is 5.06 Å². The molecule has 0 N–H and O–H groups in total. The summed E-state index contributed by atoms with van der Waals surface area (Å²) in [5.74, 6) is -0.326. The van der Waals surface area contributed by atoms with E-state index in [9.17, 15) is 4.79 Å². The van der Waals surface area contributed by atoms with Gasteiger partial charge in [-0.15, -0.1) is 0 Å². The molecule has 0 radical (unpaired) electrons. The number of hydrogen-bond donors (Lipinski definition) is 0. The van der Waals surface area contributed by atoms with E-state index < -0.39 is 11.7 Å². The smallest absolute Gasteiger partial charge is 0.310 e. The van der Waals surface area contributed by atoms with Crippen molar-refractivity contribution >= 4 is 17.4 Å². The van der Waals surface area contributed by atoms with E-state index in [2.05, 4.69) is 24.1 Å². The van der Waals surface area contributed by atoms with Crippen LogP contribution in [-0.4, -0.2) is 49.3 Å². The molecule has 6 nitrogen and oxygen atoms in total. The molecule has 6 heteroatoms. The zero-order valence-electron chi connectivity index (χ0n) is 15.6. The van der Waals surface area contributed by atoms with Gasteiger partial charge in [-0.25, -0.2) is 0 Å². The lowest BCUT2D eigenvalue weighted by molar-refractivity contribution is -0.243. The van der Waals surface area contributed by atoms with Gasteiger partial charge in [0.15, 0.2) is 6.29 Å². The molecule has 3 saturated heterocycles. The zero-order valence-corrected chi connectivity index (χ0v) is 15.6. The Kier molecular flexibility index (Phi) is 3.00. The Morgan fingerprint density at radius 2 is 2.19 bits per heavy atom. The first-order valence-electron chi connectivity index (χ1n) is 9.58. The van der Waals surface area contributed by atoms with Crippen LogP contribution in [0.4, 0.5) is 5.69 Å². The van der Waals surface area contributed by atoms with Gasteiger partial charge >= 0.3 is 5.97 Å². The second-order valence-corrected chi connectivity index (χ2v) is 8.07. The maximum atomic E-state index is 13.2. The van der Waals surface area contributed by atoms with Crippen LogP contribution in [0.2, 0.25) is 0 Å². The van der Waals surface area contributed by atoms with E-state index in [-0.39, 0.29) is 35.8 Å². The molecular formula is C21H22N2O4. The molecule has 0 aromatic heterocycles. The van der Waals surface area contributed by atoms with E-state index in [1.807, 2.05) is 18.2 Å². The summed E-state index contributed by atoms with van der Waals surface area (Å²) in [5.41, 5.74) is 3.93. The Bertz CT molecular complexity index is 925. The van der Waals surface area contributed by atoms with Crippen molar-refractivity contribution in [2.45, 2.75) is 37.1 Å². The number of piperidine rings is 2. The fourth-order valence-corrected chi connectivity index (χ4v) is 6.79. The number of carbonyl (C=O) groups is 1. The van der Waals surface area contributed by atoms with Gasteiger partial charge in [0.05, 0.1) is 41.9 Å². The van der Waals surface area contributed by atoms with Gasteiger partial charge in [0.2, 0.25) is 0 Å². The minimum absolute atomic E-state index is 0.0204. The molecular weight excluding hydrogens is 344 g/mol. The largest absolute Gasteiger partial charge is 0.469 e. The molecule has 7 rings (SSSR count). The number of benzene rings is 1. The van der Waals surface area contributed by atoms with Crippen molar-refractivity contribution in [3.8, 4) is 0 Å². The maximum Gasteiger partial charge on any atom is 0.310 e. The lowest BCUT2D eigenvalue weighted by Crippen LogP contribution is -2.75. The monoisotopic (exact) mass is 366 g/mol. The number of hydroxylamine groups is 2. The summed E-state index contributed by atoms with van der Waals surface area (Å²) < 4.78 is 11.1. The van der Waals surface area contributed by atoms with Crippen molar-refractivity contribution in [2.24, 2.45) is 22.7 Å². The molecule has 4 aliphatic heterocycles. The van der Waals surface area contributed by atoms with Crippen LogP contribution >= 0.6 is 0 Å². The summed E-state index contributed by atoms with van der Waals surface area (Å²) in [6.45, 7) is 2.06. The molecule has 5 fully saturated rings. The van der Waals surface area contributed by atoms with Gasteiger partial charge in [-0.05, 0) is 30.9 Å². The Labute approximate surface area is 157 Å². The normalized spacial score (nSPS) is 46.4. The van der Waals surface area contributed by atoms with Gasteiger partial charge in [-0.1, -0.05) is 29.8 Å². The van der Waals surface area contributed by atoms with E-state index in [0.29, 0.717) is 0 Å². The number of nitrogens with zero attached hydrogens (tertiary/aromatic N) is 2. The van der Waals surface area contributed by atoms with E-state index in [4.69, 9.17) is 19.3 Å². The summed E-state index contributed by atoms with van der Waals surface area (Å²) in [4.78, 5) is 24.5. The second kappa shape index (κ2) is 5.07. The van der Waals surface area contributed by atoms with Crippen molar-refractivity contribution in [2.75, 3.05) is 14.2 Å². The second-order valence-electron chi connectivity index (χ2n) is 8.07. The van der Waals surface area contributed by atoms with E-state index in [0.717, 1.165) is 23.4 Å². The molecule has 1 spiro atoms. The quantitative estimate of drug-likeness (QED) is 0.594. The highest BCUT2D eigenvalue weighted by molar-refractivity contribution is 6.10. The number of allylic oxidation sites excluding steroid dienone is 1. The lowest BCUT2D eigenvalue weighted by atomic mass is 9.42. The van der Waals surface area contributed by atoms with Crippen LogP contribution in [0.25, 0.3) is 0 Å². The predicted molar refractivity (Wildman–Crippen MR) is 97.4 cm³/mol. The molecule has 1 aromatic rings. The molecule has 8 atom stereocenters. The highest BCUT2D eigenvalue weighted by Gasteiger charge is 2.78. The molecule has 27 heavy (non-hydrogen) atoms. The Morgan fingerprint density at radius 1 is 1.37 bits per heavy atom. The first-order valence-corrected chi connectivity index (χ1v) is 9.58. The molecule has 140 valence electrons. The van der Waals surface area contributed by atoms with E-state index in [1.165, 1.54) is 12.7 Å². The number of carbonyl (C=O) groups excluding carboxylic acids is 1. The molecule has 4 heterocycles. The number of fused-ring (bicyclic) bond motifs is 1. The number of rotatable bonds is 2. The van der Waals surface area contributed by atoms with Gasteiger partial charge in [-0.3, -0.25) is 14.6 Å². The van der Waals surface area contributed by atoms with Crippen LogP contribution in [0.5, 0.6) is 0 Å². The first-order chi connectivity index (χ1) is 13.2. The summed E-state index contributed by atoms with van der Waals surface area (Å²) in [5, 5.41) is 2.10. The van der Waals surface area contributed by atoms with Crippen LogP contribution in [-0.2, 0) is 24.5 Å². The summed E-state index contributed by atoms with van der Waals surface area (Å²) in [7, 11) is 3.17. The first kappa shape index (κ1) is 16.0. The topological polar surface area (TPSA) is 60.4 Å². The zero-order chi connectivity index (χ0) is 18.5. The van der Waals surface area contributed by atoms with Crippen molar-refractivity contribution < 1.29 is 19.1 Å². The SMILES string of the molecule is CC=C1[C@@H]2C[C@H]3C4=Nc5ccccc5[C@@]4([C@H]4[C@@H](OC)ON3[C@@H]14)[C@@H]2C(=O)OC. The number of esters is 1. The number of hydrogen-bond acceptors (Lipinski definition) is 6. The van der Waals surface area contributed by atoms with Gasteiger partial charge < -0.3 is 9.47 Å². The minimum Gasteiger partial charge on any atom is -0.469 e. The van der Waals surface area contributed by atoms with Crippen LogP contribution in [0.1, 0.15) is 18.9 Å². The number of methoxy groups -OCH3 is 2. The predicted octanol–water partition coefficient (Wildman–Crippen LogP) is 2.37. The van der Waals surface area contributed by atoms with Crippen molar-refractivity contribution in [1.29, 1.82) is 0 Å². The molecule has 1 aromatic carbocycles. The lowest BCUT2D eigenvalue weighted by Gasteiger charge is -2.63. The fourth-order valence-electron chi connectivity index (χ4n) is 6.79. The number of aliphatic imine (C=N–C) groups is 1. The maximum absolute atomic E-state index is 13.2. The third-order valence-electron chi connectivity index (χ3n) is 7.46. The van der Waals surface area contributed by atoms with Crippen LogP contribution in [0.3, 0.4) is 0 Å². The van der Waals surface area contributed by atoms with Gasteiger partial charge in [0, 0.05) is 13.0 Å². The average molecular weight is 366 g/mol. The standard InChI is InChI=1S/C21H22N2O4/c1-4-10-11-9-14-18-21(15(11)19(24)25-2,12-7-5-6-8-13(12)22-18)16-17(10)23(14)27-20(16)26-3/h4-8,11,14-17,20H,9H2,1-3H3/t11-,14-,15-,16+,17-,20-,21-/m0/s1. The highest BCUT2D eigenvalue weighted by atomic mass is 16.8. The fraction of sp³-hybridized carbons (Fsp3) is 0.524. The van der Waals surface area contributed by atoms with Gasteiger partial charge in [0.25, 0.3) is 0 Å². The summed E-state index contributed by atoms with van der Waals surface area (Å²) in [6, 6.07) is 8.42. The Balaban J connectivity index is 1.70. The molecule has 2 saturated carbocycles. The van der Waals surface area contributed by atoms with Crippen LogP contribution in [0, 0.1) is 17.8 Å². The van der Waals surface area contributed by atoms with Crippen molar-refractivity contribution in [3.63, 3.8) is 0 Å². The van der Waals surface area contributed by atoms with Crippen molar-refractivity contribution in [3.05, 3.63) is 41.5 Å². The summed E-state index contributed by atoms with van der Waals surface area (Å²) in [6.07, 6.45) is 2.59.